The van der Waals surface area contributed by atoms with Gasteiger partial charge in [0.1, 0.15) is 6.61 Å². The van der Waals surface area contributed by atoms with Crippen LogP contribution in [0.3, 0.4) is 0 Å². The molecule has 2 aromatic carbocycles. The van der Waals surface area contributed by atoms with Crippen molar-refractivity contribution in [3.8, 4) is 0 Å². The first kappa shape index (κ1) is 22.4. The van der Waals surface area contributed by atoms with E-state index in [-0.39, 0.29) is 0 Å². The lowest BCUT2D eigenvalue weighted by Gasteiger charge is -2.28. The van der Waals surface area contributed by atoms with Crippen LogP contribution in [0.5, 0.6) is 0 Å². The van der Waals surface area contributed by atoms with Gasteiger partial charge in [-0.25, -0.2) is 0 Å². The van der Waals surface area contributed by atoms with Crippen LogP contribution in [0.4, 0.5) is 0 Å². The average molecular weight is 444 g/mol. The van der Waals surface area contributed by atoms with Crippen LogP contribution in [0.1, 0.15) is 85.9 Å². The largest absolute Gasteiger partial charge is 0.295 e. The summed E-state index contributed by atoms with van der Waals surface area (Å²) in [4.78, 5) is 6.08. The van der Waals surface area contributed by atoms with E-state index in [9.17, 15) is 0 Å². The molecule has 0 amide bonds. The van der Waals surface area contributed by atoms with Crippen LogP contribution in [0.25, 0.3) is 0 Å². The Morgan fingerprint density at radius 2 is 1.67 bits per heavy atom. The molecule has 3 aromatic rings. The third-order valence-corrected chi connectivity index (χ3v) is 7.64. The molecule has 0 aliphatic heterocycles. The van der Waals surface area contributed by atoms with Crippen LogP contribution >= 0.6 is 0 Å². The van der Waals surface area contributed by atoms with E-state index in [1.54, 1.807) is 0 Å². The van der Waals surface area contributed by atoms with Crippen molar-refractivity contribution in [1.29, 1.82) is 0 Å². The minimum absolute atomic E-state index is 0.393. The molecule has 0 radical (unpaired) electrons. The number of hydroxylamine groups is 1. The Morgan fingerprint density at radius 1 is 0.939 bits per heavy atom. The molecule has 0 spiro atoms. The van der Waals surface area contributed by atoms with Gasteiger partial charge in [0.15, 0.2) is 0 Å². The van der Waals surface area contributed by atoms with Crippen molar-refractivity contribution in [1.82, 2.24) is 15.3 Å². The molecular weight excluding hydrogens is 406 g/mol. The zero-order chi connectivity index (χ0) is 22.5. The van der Waals surface area contributed by atoms with Gasteiger partial charge < -0.3 is 0 Å². The van der Waals surface area contributed by atoms with Gasteiger partial charge in [0.25, 0.3) is 0 Å². The van der Waals surface area contributed by atoms with Crippen molar-refractivity contribution in [2.75, 3.05) is 0 Å². The third-order valence-electron chi connectivity index (χ3n) is 7.64. The first-order valence-electron chi connectivity index (χ1n) is 12.8. The maximum absolute atomic E-state index is 6.08. The predicted molar refractivity (Wildman–Crippen MR) is 133 cm³/mol. The zero-order valence-electron chi connectivity index (χ0n) is 19.9. The third kappa shape index (κ3) is 5.23. The predicted octanol–water partition coefficient (Wildman–Crippen LogP) is 6.39. The fourth-order valence-corrected chi connectivity index (χ4v) is 5.82. The molecular formula is C29H37N3O. The second kappa shape index (κ2) is 10.7. The quantitative estimate of drug-likeness (QED) is 0.410. The second-order valence-corrected chi connectivity index (χ2v) is 9.90. The number of hydrogen-bond acceptors (Lipinski definition) is 3. The lowest BCUT2D eigenvalue weighted by atomic mass is 9.82. The smallest absolute Gasteiger partial charge is 0.112 e. The summed E-state index contributed by atoms with van der Waals surface area (Å²) >= 11 is 0. The molecule has 174 valence electrons. The van der Waals surface area contributed by atoms with Crippen molar-refractivity contribution >= 4 is 0 Å². The van der Waals surface area contributed by atoms with E-state index in [2.05, 4.69) is 77.7 Å². The fraction of sp³-hybridized carbons (Fsp3) is 0.483. The van der Waals surface area contributed by atoms with E-state index in [0.717, 1.165) is 24.6 Å². The van der Waals surface area contributed by atoms with Gasteiger partial charge in [0.05, 0.1) is 12.2 Å². The summed E-state index contributed by atoms with van der Waals surface area (Å²) in [5.74, 6) is 1.12. The fourth-order valence-electron chi connectivity index (χ4n) is 5.82. The van der Waals surface area contributed by atoms with E-state index in [1.807, 2.05) is 0 Å². The lowest BCUT2D eigenvalue weighted by molar-refractivity contribution is -0.0120. The van der Waals surface area contributed by atoms with E-state index >= 15 is 0 Å². The molecule has 4 nitrogen and oxygen atoms in total. The maximum atomic E-state index is 6.08. The van der Waals surface area contributed by atoms with E-state index in [0.29, 0.717) is 18.6 Å². The zero-order valence-corrected chi connectivity index (χ0v) is 19.9. The number of benzene rings is 2. The van der Waals surface area contributed by atoms with Gasteiger partial charge in [0, 0.05) is 17.7 Å². The molecule has 0 saturated heterocycles. The van der Waals surface area contributed by atoms with Crippen LogP contribution < -0.4 is 5.48 Å². The van der Waals surface area contributed by atoms with Crippen LogP contribution in [0.2, 0.25) is 0 Å². The summed E-state index contributed by atoms with van der Waals surface area (Å²) < 4.78 is 2.25. The lowest BCUT2D eigenvalue weighted by Crippen LogP contribution is -2.34. The number of rotatable bonds is 8. The van der Waals surface area contributed by atoms with Gasteiger partial charge >= 0.3 is 0 Å². The topological polar surface area (TPSA) is 39.1 Å². The molecule has 0 bridgehead atoms. The molecule has 2 unspecified atom stereocenters. The maximum Gasteiger partial charge on any atom is 0.112 e. The Bertz CT molecular complexity index is 1010. The summed E-state index contributed by atoms with van der Waals surface area (Å²) in [6.45, 7) is 3.60. The number of aromatic nitrogens is 2. The molecule has 4 heteroatoms. The Morgan fingerprint density at radius 3 is 2.42 bits per heavy atom. The second-order valence-electron chi connectivity index (χ2n) is 9.90. The normalized spacial score (nSPS) is 19.8. The Labute approximate surface area is 198 Å². The van der Waals surface area contributed by atoms with Crippen molar-refractivity contribution in [3.63, 3.8) is 0 Å². The van der Waals surface area contributed by atoms with Gasteiger partial charge in [-0.1, -0.05) is 79.9 Å². The number of fused-ring (bicyclic) bond motifs is 1. The highest BCUT2D eigenvalue weighted by Crippen LogP contribution is 2.38. The van der Waals surface area contributed by atoms with Gasteiger partial charge in [-0.3, -0.25) is 9.52 Å². The van der Waals surface area contributed by atoms with Crippen molar-refractivity contribution < 1.29 is 4.84 Å². The molecule has 2 aliphatic carbocycles. The van der Waals surface area contributed by atoms with Crippen LogP contribution in [0, 0.1) is 5.92 Å². The Kier molecular flexibility index (Phi) is 7.23. The summed E-state index contributed by atoms with van der Waals surface area (Å²) in [6, 6.07) is 22.0. The van der Waals surface area contributed by atoms with Crippen LogP contribution in [-0.2, 0) is 24.4 Å². The Hall–Kier alpha value is -2.43. The molecule has 1 N–H and O–H groups in total. The van der Waals surface area contributed by atoms with Gasteiger partial charge in [-0.2, -0.15) is 10.6 Å². The van der Waals surface area contributed by atoms with Crippen molar-refractivity contribution in [3.05, 3.63) is 88.7 Å². The van der Waals surface area contributed by atoms with E-state index in [4.69, 9.17) is 9.94 Å². The Balaban J connectivity index is 1.38. The highest BCUT2D eigenvalue weighted by atomic mass is 16.6. The highest BCUT2D eigenvalue weighted by molar-refractivity contribution is 5.39. The molecule has 1 saturated carbocycles. The molecule has 2 atom stereocenters. The molecule has 5 rings (SSSR count). The van der Waals surface area contributed by atoms with Gasteiger partial charge in [-0.05, 0) is 61.6 Å². The number of nitrogens with one attached hydrogen (secondary N) is 1. The summed E-state index contributed by atoms with van der Waals surface area (Å²) in [5.41, 5.74) is 9.93. The van der Waals surface area contributed by atoms with Crippen LogP contribution in [-0.4, -0.2) is 15.8 Å². The average Bonchev–Trinajstić information content (AvgIpc) is 3.23. The summed E-state index contributed by atoms with van der Waals surface area (Å²) in [5, 5.41) is 5.12. The summed E-state index contributed by atoms with van der Waals surface area (Å²) in [6.07, 6.45) is 10.2. The SMILES string of the molecule is CC(NOCc1nn(Cc2ccccc2)c2c1CCCC2c1ccccc1)C1CCCCC1. The standard InChI is InChI=1S/C29H37N3O/c1-22(24-14-7-3-8-15-24)31-33-21-28-27-19-11-18-26(25-16-9-4-10-17-25)29(27)32(30-28)20-23-12-5-2-6-13-23/h2,4-6,9-10,12-13,16-17,22,24,26,31H,3,7-8,11,14-15,18-21H2,1H3. The van der Waals surface area contributed by atoms with Crippen molar-refractivity contribution in [2.45, 2.75) is 83.4 Å². The molecule has 1 heterocycles. The number of hydrogen-bond donors (Lipinski definition) is 1. The minimum atomic E-state index is 0.393. The molecule has 1 aromatic heterocycles. The van der Waals surface area contributed by atoms with Crippen molar-refractivity contribution in [2.24, 2.45) is 5.92 Å². The minimum Gasteiger partial charge on any atom is -0.295 e. The summed E-state index contributed by atoms with van der Waals surface area (Å²) in [7, 11) is 0. The first-order valence-corrected chi connectivity index (χ1v) is 12.8. The molecule has 2 aliphatic rings. The van der Waals surface area contributed by atoms with E-state index in [1.165, 1.54) is 67.3 Å². The van der Waals surface area contributed by atoms with Gasteiger partial charge in [0.2, 0.25) is 0 Å². The first-order chi connectivity index (χ1) is 16.3. The molecule has 1 fully saturated rings. The molecule has 33 heavy (non-hydrogen) atoms. The highest BCUT2D eigenvalue weighted by Gasteiger charge is 2.30. The monoisotopic (exact) mass is 443 g/mol. The number of nitrogens with zero attached hydrogens (tertiary/aromatic N) is 2. The van der Waals surface area contributed by atoms with Crippen LogP contribution in [0.15, 0.2) is 60.7 Å². The van der Waals surface area contributed by atoms with Gasteiger partial charge in [-0.15, -0.1) is 0 Å². The van der Waals surface area contributed by atoms with E-state index < -0.39 is 0 Å².